The third-order valence-corrected chi connectivity index (χ3v) is 3.63. The Hall–Kier alpha value is -1.62. The lowest BCUT2D eigenvalue weighted by Crippen LogP contribution is -2.30. The Balaban J connectivity index is 2.35. The summed E-state index contributed by atoms with van der Waals surface area (Å²) in [6.45, 7) is 1.91. The number of nitrogens with one attached hydrogen (secondary N) is 1. The molecule has 1 atom stereocenters. The first-order valence-corrected chi connectivity index (χ1v) is 6.97. The number of aryl methyl sites for hydroxylation is 1. The van der Waals surface area contributed by atoms with Crippen molar-refractivity contribution in [1.29, 1.82) is 0 Å². The van der Waals surface area contributed by atoms with E-state index >= 15 is 0 Å². The number of halogens is 2. The molecule has 2 aromatic rings. The fourth-order valence-corrected chi connectivity index (χ4v) is 2.51. The van der Waals surface area contributed by atoms with Gasteiger partial charge in [-0.25, -0.2) is 4.39 Å². The molecule has 1 unspecified atom stereocenters. The first kappa shape index (κ1) is 15.8. The van der Waals surface area contributed by atoms with Crippen molar-refractivity contribution in [2.24, 2.45) is 5.84 Å². The van der Waals surface area contributed by atoms with Crippen LogP contribution in [0.15, 0.2) is 36.4 Å². The number of rotatable bonds is 5. The van der Waals surface area contributed by atoms with Gasteiger partial charge in [0.1, 0.15) is 11.6 Å². The fraction of sp³-hybridized carbons (Fsp3) is 0.250. The molecule has 5 heteroatoms. The highest BCUT2D eigenvalue weighted by molar-refractivity contribution is 6.30. The molecule has 112 valence electrons. The third-order valence-electron chi connectivity index (χ3n) is 3.39. The molecule has 0 heterocycles. The van der Waals surface area contributed by atoms with E-state index in [1.54, 1.807) is 37.4 Å². The number of hydrazine groups is 1. The molecule has 0 aliphatic carbocycles. The smallest absolute Gasteiger partial charge is 0.128 e. The third kappa shape index (κ3) is 3.73. The Kier molecular flexibility index (Phi) is 5.17. The van der Waals surface area contributed by atoms with Gasteiger partial charge in [-0.15, -0.1) is 0 Å². The molecule has 2 rings (SSSR count). The van der Waals surface area contributed by atoms with E-state index in [2.05, 4.69) is 5.43 Å². The molecule has 0 aliphatic heterocycles. The molecule has 0 spiro atoms. The molecule has 0 amide bonds. The van der Waals surface area contributed by atoms with Crippen LogP contribution in [0, 0.1) is 12.7 Å². The number of hydrogen-bond donors (Lipinski definition) is 2. The molecule has 0 aliphatic rings. The van der Waals surface area contributed by atoms with E-state index in [-0.39, 0.29) is 11.9 Å². The molecule has 0 saturated heterocycles. The van der Waals surface area contributed by atoms with Crippen LogP contribution in [0.2, 0.25) is 5.02 Å². The normalized spacial score (nSPS) is 12.2. The van der Waals surface area contributed by atoms with Gasteiger partial charge in [0.25, 0.3) is 0 Å². The summed E-state index contributed by atoms with van der Waals surface area (Å²) in [5.74, 6) is 6.02. The molecular weight excluding hydrogens is 291 g/mol. The number of hydrogen-bond acceptors (Lipinski definition) is 3. The second-order valence-electron chi connectivity index (χ2n) is 4.90. The van der Waals surface area contributed by atoms with Crippen molar-refractivity contribution in [3.63, 3.8) is 0 Å². The van der Waals surface area contributed by atoms with Crippen molar-refractivity contribution in [3.05, 3.63) is 63.9 Å². The highest BCUT2D eigenvalue weighted by Crippen LogP contribution is 2.28. The second kappa shape index (κ2) is 6.89. The van der Waals surface area contributed by atoms with Crippen molar-refractivity contribution in [3.8, 4) is 5.75 Å². The number of ether oxygens (including phenoxy) is 1. The van der Waals surface area contributed by atoms with Crippen molar-refractivity contribution < 1.29 is 9.13 Å². The predicted molar refractivity (Wildman–Crippen MR) is 82.9 cm³/mol. The Bertz CT molecular complexity index is 634. The van der Waals surface area contributed by atoms with Gasteiger partial charge in [0.05, 0.1) is 13.2 Å². The van der Waals surface area contributed by atoms with E-state index in [0.717, 1.165) is 11.1 Å². The van der Waals surface area contributed by atoms with E-state index in [0.29, 0.717) is 22.8 Å². The van der Waals surface area contributed by atoms with Crippen molar-refractivity contribution >= 4 is 11.6 Å². The quantitative estimate of drug-likeness (QED) is 0.656. The second-order valence-corrected chi connectivity index (χ2v) is 5.34. The summed E-state index contributed by atoms with van der Waals surface area (Å²) in [4.78, 5) is 0. The highest BCUT2D eigenvalue weighted by Gasteiger charge is 2.17. The fourth-order valence-electron chi connectivity index (χ4n) is 2.32. The van der Waals surface area contributed by atoms with Gasteiger partial charge in [-0.2, -0.15) is 0 Å². The monoisotopic (exact) mass is 308 g/mol. The summed E-state index contributed by atoms with van der Waals surface area (Å²) in [7, 11) is 1.59. The van der Waals surface area contributed by atoms with Crippen molar-refractivity contribution in [2.75, 3.05) is 7.11 Å². The molecule has 3 N–H and O–H groups in total. The molecule has 3 nitrogen and oxygen atoms in total. The van der Waals surface area contributed by atoms with Gasteiger partial charge in [-0.3, -0.25) is 11.3 Å². The lowest BCUT2D eigenvalue weighted by atomic mass is 9.97. The molecular formula is C16H18ClFN2O. The van der Waals surface area contributed by atoms with Crippen LogP contribution in [0.25, 0.3) is 0 Å². The number of benzene rings is 2. The maximum Gasteiger partial charge on any atom is 0.128 e. The van der Waals surface area contributed by atoms with Crippen LogP contribution in [-0.4, -0.2) is 7.11 Å². The first-order valence-electron chi connectivity index (χ1n) is 6.59. The average molecular weight is 309 g/mol. The van der Waals surface area contributed by atoms with Crippen LogP contribution < -0.4 is 16.0 Å². The maximum absolute atomic E-state index is 14.0. The lowest BCUT2D eigenvalue weighted by molar-refractivity contribution is 0.404. The Morgan fingerprint density at radius 3 is 2.71 bits per heavy atom. The minimum Gasteiger partial charge on any atom is -0.496 e. The summed E-state index contributed by atoms with van der Waals surface area (Å²) < 4.78 is 19.3. The summed E-state index contributed by atoms with van der Waals surface area (Å²) in [5.41, 5.74) is 5.04. The molecule has 2 aromatic carbocycles. The topological polar surface area (TPSA) is 47.3 Å². The van der Waals surface area contributed by atoms with E-state index in [4.69, 9.17) is 22.2 Å². The largest absolute Gasteiger partial charge is 0.496 e. The predicted octanol–water partition coefficient (Wildman–Crippen LogP) is 3.54. The highest BCUT2D eigenvalue weighted by atomic mass is 35.5. The van der Waals surface area contributed by atoms with Crippen LogP contribution in [0.5, 0.6) is 5.75 Å². The van der Waals surface area contributed by atoms with Crippen LogP contribution in [0.3, 0.4) is 0 Å². The number of methoxy groups -OCH3 is 1. The maximum atomic E-state index is 14.0. The molecule has 0 saturated carbocycles. The van der Waals surface area contributed by atoms with E-state index < -0.39 is 0 Å². The Morgan fingerprint density at radius 2 is 2.05 bits per heavy atom. The van der Waals surface area contributed by atoms with E-state index in [1.165, 1.54) is 6.07 Å². The zero-order chi connectivity index (χ0) is 15.4. The number of nitrogens with two attached hydrogens (primary N) is 1. The Labute approximate surface area is 128 Å². The summed E-state index contributed by atoms with van der Waals surface area (Å²) >= 11 is 6.02. The van der Waals surface area contributed by atoms with Crippen LogP contribution >= 0.6 is 11.6 Å². The van der Waals surface area contributed by atoms with Gasteiger partial charge in [0.15, 0.2) is 0 Å². The SMILES string of the molecule is COc1ccc(Cl)cc1CC(NN)c1cc(C)ccc1F. The van der Waals surface area contributed by atoms with Gasteiger partial charge in [0.2, 0.25) is 0 Å². The first-order chi connectivity index (χ1) is 10.0. The van der Waals surface area contributed by atoms with Crippen molar-refractivity contribution in [1.82, 2.24) is 5.43 Å². The van der Waals surface area contributed by atoms with Gasteiger partial charge >= 0.3 is 0 Å². The van der Waals surface area contributed by atoms with Crippen LogP contribution in [0.4, 0.5) is 4.39 Å². The van der Waals surface area contributed by atoms with Gasteiger partial charge < -0.3 is 4.74 Å². The summed E-state index contributed by atoms with van der Waals surface area (Å²) in [6, 6.07) is 9.95. The van der Waals surface area contributed by atoms with Gasteiger partial charge in [0, 0.05) is 10.6 Å². The van der Waals surface area contributed by atoms with E-state index in [9.17, 15) is 4.39 Å². The van der Waals surface area contributed by atoms with Gasteiger partial charge in [-0.05, 0) is 43.2 Å². The molecule has 0 fully saturated rings. The Morgan fingerprint density at radius 1 is 1.29 bits per heavy atom. The minimum atomic E-state index is -0.364. The summed E-state index contributed by atoms with van der Waals surface area (Å²) in [5, 5.41) is 0.603. The molecule has 21 heavy (non-hydrogen) atoms. The van der Waals surface area contributed by atoms with Crippen LogP contribution in [-0.2, 0) is 6.42 Å². The average Bonchev–Trinajstić information content (AvgIpc) is 2.47. The lowest BCUT2D eigenvalue weighted by Gasteiger charge is -2.19. The zero-order valence-corrected chi connectivity index (χ0v) is 12.7. The molecule has 0 radical (unpaired) electrons. The van der Waals surface area contributed by atoms with E-state index in [1.807, 2.05) is 6.92 Å². The van der Waals surface area contributed by atoms with Gasteiger partial charge in [-0.1, -0.05) is 29.3 Å². The molecule has 0 aromatic heterocycles. The summed E-state index contributed by atoms with van der Waals surface area (Å²) in [6.07, 6.45) is 0.473. The van der Waals surface area contributed by atoms with Crippen molar-refractivity contribution in [2.45, 2.75) is 19.4 Å². The standard InChI is InChI=1S/C16H18ClFN2O/c1-10-3-5-14(18)13(7-10)15(20-19)9-11-8-12(17)4-6-16(11)21-2/h3-8,15,20H,9,19H2,1-2H3. The molecule has 0 bridgehead atoms. The van der Waals surface area contributed by atoms with Crippen LogP contribution in [0.1, 0.15) is 22.7 Å². The zero-order valence-electron chi connectivity index (χ0n) is 12.0. The minimum absolute atomic E-state index is 0.287.